The Kier molecular flexibility index (Phi) is 4.53. The summed E-state index contributed by atoms with van der Waals surface area (Å²) in [5.74, 6) is -0.565. The fraction of sp³-hybridized carbons (Fsp3) is 0.0667. The first-order valence-electron chi connectivity index (χ1n) is 5.99. The van der Waals surface area contributed by atoms with Gasteiger partial charge < -0.3 is 11.1 Å². The van der Waals surface area contributed by atoms with Gasteiger partial charge in [0.25, 0.3) is 5.91 Å². The van der Waals surface area contributed by atoms with Gasteiger partial charge in [0.2, 0.25) is 5.91 Å². The highest BCUT2D eigenvalue weighted by Gasteiger charge is 2.06. The third-order valence-electron chi connectivity index (χ3n) is 2.68. The van der Waals surface area contributed by atoms with Gasteiger partial charge in [-0.2, -0.15) is 0 Å². The van der Waals surface area contributed by atoms with Crippen LogP contribution in [0.15, 0.2) is 53.0 Å². The van der Waals surface area contributed by atoms with Gasteiger partial charge in [-0.05, 0) is 35.9 Å². The number of carbonyl (C=O) groups is 2. The second kappa shape index (κ2) is 6.34. The Labute approximate surface area is 125 Å². The van der Waals surface area contributed by atoms with Crippen molar-refractivity contribution in [2.24, 2.45) is 5.73 Å². The summed E-state index contributed by atoms with van der Waals surface area (Å²) in [6.45, 7) is 0. The van der Waals surface area contributed by atoms with E-state index in [0.29, 0.717) is 11.3 Å². The molecule has 0 aliphatic rings. The van der Waals surface area contributed by atoms with Crippen LogP contribution in [0.4, 0.5) is 5.69 Å². The number of nitrogens with one attached hydrogen (secondary N) is 1. The van der Waals surface area contributed by atoms with Crippen molar-refractivity contribution in [2.75, 3.05) is 5.32 Å². The molecule has 0 aliphatic carbocycles. The highest BCUT2D eigenvalue weighted by atomic mass is 79.9. The van der Waals surface area contributed by atoms with Crippen molar-refractivity contribution in [3.8, 4) is 0 Å². The molecule has 4 nitrogen and oxygen atoms in total. The van der Waals surface area contributed by atoms with E-state index in [9.17, 15) is 9.59 Å². The molecule has 102 valence electrons. The Morgan fingerprint density at radius 2 is 1.80 bits per heavy atom. The van der Waals surface area contributed by atoms with Crippen molar-refractivity contribution in [2.45, 2.75) is 6.42 Å². The first kappa shape index (κ1) is 14.3. The maximum atomic E-state index is 12.0. The molecule has 0 unspecified atom stereocenters. The van der Waals surface area contributed by atoms with Crippen LogP contribution in [0.1, 0.15) is 15.9 Å². The lowest BCUT2D eigenvalue weighted by atomic mass is 10.1. The minimum absolute atomic E-state index is 0.186. The Hall–Kier alpha value is -2.14. The Morgan fingerprint density at radius 3 is 2.40 bits per heavy atom. The topological polar surface area (TPSA) is 72.2 Å². The van der Waals surface area contributed by atoms with Crippen molar-refractivity contribution in [1.82, 2.24) is 0 Å². The first-order valence-corrected chi connectivity index (χ1v) is 6.78. The molecule has 2 rings (SSSR count). The van der Waals surface area contributed by atoms with E-state index in [1.165, 1.54) is 0 Å². The molecule has 5 heteroatoms. The monoisotopic (exact) mass is 332 g/mol. The Balaban J connectivity index is 2.06. The SMILES string of the molecule is NC(=O)Cc1ccc(NC(=O)c2cccc(Br)c2)cc1. The van der Waals surface area contributed by atoms with Gasteiger partial charge in [0.15, 0.2) is 0 Å². The van der Waals surface area contributed by atoms with Crippen LogP contribution in [0.2, 0.25) is 0 Å². The Bertz CT molecular complexity index is 639. The molecule has 2 amide bonds. The molecule has 0 aliphatic heterocycles. The average Bonchev–Trinajstić information content (AvgIpc) is 2.40. The highest BCUT2D eigenvalue weighted by molar-refractivity contribution is 9.10. The molecule has 0 fully saturated rings. The van der Waals surface area contributed by atoms with Gasteiger partial charge in [0, 0.05) is 15.7 Å². The zero-order valence-corrected chi connectivity index (χ0v) is 12.2. The lowest BCUT2D eigenvalue weighted by Crippen LogP contribution is -2.14. The number of benzene rings is 2. The van der Waals surface area contributed by atoms with Gasteiger partial charge in [-0.25, -0.2) is 0 Å². The van der Waals surface area contributed by atoms with E-state index in [-0.39, 0.29) is 18.2 Å². The van der Waals surface area contributed by atoms with Crippen LogP contribution in [0.3, 0.4) is 0 Å². The quantitative estimate of drug-likeness (QED) is 0.903. The van der Waals surface area contributed by atoms with Crippen molar-refractivity contribution in [3.63, 3.8) is 0 Å². The molecule has 0 radical (unpaired) electrons. The minimum atomic E-state index is -0.379. The summed E-state index contributed by atoms with van der Waals surface area (Å²) in [6, 6.07) is 14.2. The molecule has 3 N–H and O–H groups in total. The first-order chi connectivity index (χ1) is 9.54. The zero-order valence-electron chi connectivity index (χ0n) is 10.6. The van der Waals surface area contributed by atoms with Gasteiger partial charge in [-0.1, -0.05) is 34.1 Å². The molecule has 20 heavy (non-hydrogen) atoms. The van der Waals surface area contributed by atoms with E-state index in [2.05, 4.69) is 21.2 Å². The molecule has 0 spiro atoms. The summed E-state index contributed by atoms with van der Waals surface area (Å²) in [7, 11) is 0. The minimum Gasteiger partial charge on any atom is -0.369 e. The highest BCUT2D eigenvalue weighted by Crippen LogP contribution is 2.15. The maximum Gasteiger partial charge on any atom is 0.255 e. The number of primary amides is 1. The van der Waals surface area contributed by atoms with Gasteiger partial charge in [-0.3, -0.25) is 9.59 Å². The summed E-state index contributed by atoms with van der Waals surface area (Å²) < 4.78 is 0.849. The second-order valence-electron chi connectivity index (χ2n) is 4.30. The smallest absolute Gasteiger partial charge is 0.255 e. The third-order valence-corrected chi connectivity index (χ3v) is 3.17. The van der Waals surface area contributed by atoms with Crippen molar-refractivity contribution >= 4 is 33.4 Å². The van der Waals surface area contributed by atoms with Crippen LogP contribution in [0.5, 0.6) is 0 Å². The van der Waals surface area contributed by atoms with Gasteiger partial charge in [0.05, 0.1) is 6.42 Å². The maximum absolute atomic E-state index is 12.0. The second-order valence-corrected chi connectivity index (χ2v) is 5.22. The number of carbonyl (C=O) groups excluding carboxylic acids is 2. The molecular weight excluding hydrogens is 320 g/mol. The van der Waals surface area contributed by atoms with E-state index < -0.39 is 0 Å². The van der Waals surface area contributed by atoms with Crippen LogP contribution in [0.25, 0.3) is 0 Å². The van der Waals surface area contributed by atoms with Gasteiger partial charge >= 0.3 is 0 Å². The molecule has 0 saturated heterocycles. The van der Waals surface area contributed by atoms with Crippen molar-refractivity contribution in [3.05, 3.63) is 64.1 Å². The fourth-order valence-corrected chi connectivity index (χ4v) is 2.14. The van der Waals surface area contributed by atoms with Crippen LogP contribution in [0, 0.1) is 0 Å². The number of halogens is 1. The molecule has 0 atom stereocenters. The van der Waals surface area contributed by atoms with E-state index in [1.807, 2.05) is 6.07 Å². The number of hydrogen-bond acceptors (Lipinski definition) is 2. The molecular formula is C15H13BrN2O2. The van der Waals surface area contributed by atoms with E-state index in [4.69, 9.17) is 5.73 Å². The standard InChI is InChI=1S/C15H13BrN2O2/c16-12-3-1-2-11(9-12)15(20)18-13-6-4-10(5-7-13)8-14(17)19/h1-7,9H,8H2,(H2,17,19)(H,18,20). The number of anilines is 1. The molecule has 0 bridgehead atoms. The van der Waals surface area contributed by atoms with Gasteiger partial charge in [0.1, 0.15) is 0 Å². The molecule has 0 aromatic heterocycles. The van der Waals surface area contributed by atoms with Crippen LogP contribution in [-0.4, -0.2) is 11.8 Å². The number of rotatable bonds is 4. The summed E-state index contributed by atoms with van der Waals surface area (Å²) in [4.78, 5) is 22.8. The largest absolute Gasteiger partial charge is 0.369 e. The van der Waals surface area contributed by atoms with Crippen LogP contribution in [-0.2, 0) is 11.2 Å². The number of nitrogens with two attached hydrogens (primary N) is 1. The van der Waals surface area contributed by atoms with Crippen molar-refractivity contribution < 1.29 is 9.59 Å². The lowest BCUT2D eigenvalue weighted by Gasteiger charge is -2.06. The molecule has 2 aromatic rings. The predicted molar refractivity (Wildman–Crippen MR) is 81.4 cm³/mol. The van der Waals surface area contributed by atoms with Crippen LogP contribution >= 0.6 is 15.9 Å². The average molecular weight is 333 g/mol. The summed E-state index contributed by atoms with van der Waals surface area (Å²) >= 11 is 3.32. The normalized spacial score (nSPS) is 10.1. The fourth-order valence-electron chi connectivity index (χ4n) is 1.74. The van der Waals surface area contributed by atoms with Crippen LogP contribution < -0.4 is 11.1 Å². The zero-order chi connectivity index (χ0) is 14.5. The predicted octanol–water partition coefficient (Wildman–Crippen LogP) is 2.73. The third kappa shape index (κ3) is 3.93. The van der Waals surface area contributed by atoms with E-state index >= 15 is 0 Å². The number of amides is 2. The summed E-state index contributed by atoms with van der Waals surface area (Å²) in [5.41, 5.74) is 7.18. The number of hydrogen-bond donors (Lipinski definition) is 2. The lowest BCUT2D eigenvalue weighted by molar-refractivity contribution is -0.117. The van der Waals surface area contributed by atoms with Crippen molar-refractivity contribution in [1.29, 1.82) is 0 Å². The molecule has 0 heterocycles. The van der Waals surface area contributed by atoms with E-state index in [0.717, 1.165) is 10.0 Å². The molecule has 2 aromatic carbocycles. The van der Waals surface area contributed by atoms with E-state index in [1.54, 1.807) is 42.5 Å². The summed E-state index contributed by atoms with van der Waals surface area (Å²) in [5, 5.41) is 2.79. The van der Waals surface area contributed by atoms with Gasteiger partial charge in [-0.15, -0.1) is 0 Å². The summed E-state index contributed by atoms with van der Waals surface area (Å²) in [6.07, 6.45) is 0.194. The Morgan fingerprint density at radius 1 is 1.10 bits per heavy atom. The molecule has 0 saturated carbocycles.